The average Bonchev–Trinajstić information content (AvgIpc) is 2.96. The third-order valence-corrected chi connectivity index (χ3v) is 3.57. The Kier molecular flexibility index (Phi) is 2.96. The average molecular weight is 294 g/mol. The number of nitrogens with zero attached hydrogens (tertiary/aromatic N) is 3. The molecule has 1 aromatic carbocycles. The molecule has 0 aliphatic heterocycles. The lowest BCUT2D eigenvalue weighted by Crippen LogP contribution is -2.34. The number of aromatic nitrogens is 3. The lowest BCUT2D eigenvalue weighted by atomic mass is 10.3. The standard InChI is InChI=1S/C12H8ClN3O2S/c1-7-14-10(6-19-7)11-12(17)18-15-16(11)9-4-2-8(13)3-5-9/h2-6H,1H3. The third kappa shape index (κ3) is 2.20. The van der Waals surface area contributed by atoms with Crippen molar-refractivity contribution in [3.63, 3.8) is 0 Å². The highest BCUT2D eigenvalue weighted by Gasteiger charge is 2.24. The summed E-state index contributed by atoms with van der Waals surface area (Å²) < 4.78 is 6.16. The van der Waals surface area contributed by atoms with Gasteiger partial charge in [-0.1, -0.05) is 11.6 Å². The van der Waals surface area contributed by atoms with Crippen molar-refractivity contribution >= 4 is 22.9 Å². The zero-order chi connectivity index (χ0) is 13.4. The summed E-state index contributed by atoms with van der Waals surface area (Å²) in [6.07, 6.45) is 0. The van der Waals surface area contributed by atoms with E-state index in [1.165, 1.54) is 16.0 Å². The normalized spacial score (nSPS) is 10.8. The summed E-state index contributed by atoms with van der Waals surface area (Å²) in [6.45, 7) is 1.87. The topological polar surface area (TPSA) is 65.9 Å². The van der Waals surface area contributed by atoms with Crippen molar-refractivity contribution in [2.45, 2.75) is 6.92 Å². The molecule has 5 nitrogen and oxygen atoms in total. The van der Waals surface area contributed by atoms with Crippen LogP contribution in [0.25, 0.3) is 17.1 Å². The predicted molar refractivity (Wildman–Crippen MR) is 68.3 cm³/mol. The summed E-state index contributed by atoms with van der Waals surface area (Å²) >= 11 is 7.30. The van der Waals surface area contributed by atoms with Crippen molar-refractivity contribution in [3.05, 3.63) is 39.7 Å². The van der Waals surface area contributed by atoms with E-state index in [-0.39, 0.29) is 0 Å². The molecule has 0 bridgehead atoms. The quantitative estimate of drug-likeness (QED) is 0.679. The summed E-state index contributed by atoms with van der Waals surface area (Å²) in [5.74, 6) is -0.514. The van der Waals surface area contributed by atoms with Gasteiger partial charge in [-0.15, -0.1) is 11.3 Å². The van der Waals surface area contributed by atoms with Gasteiger partial charge in [0.05, 0.1) is 10.3 Å². The molecule has 3 rings (SSSR count). The number of thiazole rings is 1. The molecule has 0 fully saturated rings. The maximum absolute atomic E-state index is 11.8. The first-order chi connectivity index (χ1) is 9.15. The molecule has 3 aromatic rings. The fourth-order valence-corrected chi connectivity index (χ4v) is 2.42. The molecule has 0 amide bonds. The molecule has 0 unspecified atom stereocenters. The summed E-state index contributed by atoms with van der Waals surface area (Å²) in [5.41, 5.74) is 1.56. The third-order valence-electron chi connectivity index (χ3n) is 2.54. The molecular weight excluding hydrogens is 286 g/mol. The highest BCUT2D eigenvalue weighted by atomic mass is 35.5. The van der Waals surface area contributed by atoms with Gasteiger partial charge in [-0.05, 0) is 23.7 Å². The number of aryl methyl sites for hydroxylation is 1. The van der Waals surface area contributed by atoms with Gasteiger partial charge in [0.15, 0.2) is 11.6 Å². The molecule has 96 valence electrons. The molecule has 0 saturated carbocycles. The van der Waals surface area contributed by atoms with Crippen molar-refractivity contribution in [1.82, 2.24) is 10.3 Å². The predicted octanol–water partition coefficient (Wildman–Crippen LogP) is 2.11. The Labute approximate surface area is 117 Å². The summed E-state index contributed by atoms with van der Waals surface area (Å²) in [7, 11) is 0. The molecule has 0 aliphatic carbocycles. The highest BCUT2D eigenvalue weighted by Crippen LogP contribution is 2.25. The first-order valence-corrected chi connectivity index (χ1v) is 6.68. The first kappa shape index (κ1) is 12.1. The van der Waals surface area contributed by atoms with Crippen molar-refractivity contribution < 1.29 is 14.3 Å². The largest absolute Gasteiger partial charge is 0.539 e. The Hall–Kier alpha value is -1.92. The van der Waals surface area contributed by atoms with Crippen LogP contribution in [0.2, 0.25) is 5.02 Å². The lowest BCUT2D eigenvalue weighted by Gasteiger charge is -1.94. The minimum absolute atomic E-state index is 0.312. The Morgan fingerprint density at radius 3 is 2.68 bits per heavy atom. The maximum atomic E-state index is 11.8. The van der Waals surface area contributed by atoms with Crippen LogP contribution in [0, 0.1) is 6.92 Å². The fraction of sp³-hybridized carbons (Fsp3) is 0.0833. The minimum Gasteiger partial charge on any atom is -0.539 e. The fourth-order valence-electron chi connectivity index (χ4n) is 1.69. The maximum Gasteiger partial charge on any atom is 0.289 e. The van der Waals surface area contributed by atoms with E-state index < -0.39 is 5.95 Å². The smallest absolute Gasteiger partial charge is 0.289 e. The van der Waals surface area contributed by atoms with E-state index in [1.54, 1.807) is 29.6 Å². The van der Waals surface area contributed by atoms with Crippen molar-refractivity contribution in [2.24, 2.45) is 0 Å². The van der Waals surface area contributed by atoms with Crippen LogP contribution in [0.3, 0.4) is 0 Å². The second-order valence-corrected chi connectivity index (χ2v) is 5.35. The zero-order valence-electron chi connectivity index (χ0n) is 9.83. The van der Waals surface area contributed by atoms with E-state index in [2.05, 4.69) is 10.3 Å². The summed E-state index contributed by atoms with van der Waals surface area (Å²) in [6, 6.07) is 6.96. The van der Waals surface area contributed by atoms with Crippen LogP contribution in [-0.2, 0) is 0 Å². The van der Waals surface area contributed by atoms with Gasteiger partial charge in [0, 0.05) is 22.5 Å². The second-order valence-electron chi connectivity index (χ2n) is 3.85. The van der Waals surface area contributed by atoms with Crippen molar-refractivity contribution in [2.75, 3.05) is 0 Å². The number of benzene rings is 1. The molecule has 0 radical (unpaired) electrons. The van der Waals surface area contributed by atoms with Gasteiger partial charge in [0.1, 0.15) is 0 Å². The van der Waals surface area contributed by atoms with Crippen LogP contribution in [0.15, 0.2) is 34.2 Å². The number of halogens is 1. The van der Waals surface area contributed by atoms with Gasteiger partial charge in [0.2, 0.25) is 5.69 Å². The molecule has 0 saturated heterocycles. The molecule has 2 heterocycles. The van der Waals surface area contributed by atoms with Gasteiger partial charge in [0.25, 0.3) is 5.69 Å². The van der Waals surface area contributed by atoms with Crippen LogP contribution >= 0.6 is 22.9 Å². The Morgan fingerprint density at radius 2 is 2.05 bits per heavy atom. The molecular formula is C12H8ClN3O2S. The molecule has 7 heteroatoms. The Bertz CT molecular complexity index is 721. The molecule has 0 aliphatic rings. The van der Waals surface area contributed by atoms with Crippen molar-refractivity contribution in [3.8, 4) is 23.0 Å². The van der Waals surface area contributed by atoms with Crippen LogP contribution in [0.4, 0.5) is 0 Å². The zero-order valence-corrected chi connectivity index (χ0v) is 11.4. The van der Waals surface area contributed by atoms with E-state index in [0.29, 0.717) is 22.1 Å². The number of hydrogen-bond acceptors (Lipinski definition) is 5. The molecule has 0 N–H and O–H groups in total. The highest BCUT2D eigenvalue weighted by molar-refractivity contribution is 7.09. The molecule has 0 spiro atoms. The Balaban J connectivity index is 2.15. The SMILES string of the molecule is Cc1nc(-c2c([O-])on[n+]2-c2ccc(Cl)cc2)cs1. The van der Waals surface area contributed by atoms with Gasteiger partial charge in [-0.2, -0.15) is 0 Å². The lowest BCUT2D eigenvalue weighted by molar-refractivity contribution is -0.660. The van der Waals surface area contributed by atoms with Crippen LogP contribution in [-0.4, -0.2) is 10.3 Å². The Morgan fingerprint density at radius 1 is 1.32 bits per heavy atom. The van der Waals surface area contributed by atoms with Crippen LogP contribution in [0.5, 0.6) is 5.95 Å². The van der Waals surface area contributed by atoms with Gasteiger partial charge >= 0.3 is 0 Å². The van der Waals surface area contributed by atoms with E-state index in [4.69, 9.17) is 16.1 Å². The monoisotopic (exact) mass is 293 g/mol. The van der Waals surface area contributed by atoms with E-state index >= 15 is 0 Å². The first-order valence-electron chi connectivity index (χ1n) is 5.42. The van der Waals surface area contributed by atoms with Crippen LogP contribution in [0.1, 0.15) is 5.01 Å². The van der Waals surface area contributed by atoms with Crippen LogP contribution < -0.4 is 9.79 Å². The summed E-state index contributed by atoms with van der Waals surface area (Å²) in [4.78, 5) is 4.29. The number of hydrogen-bond donors (Lipinski definition) is 0. The van der Waals surface area contributed by atoms with Gasteiger partial charge < -0.3 is 9.63 Å². The molecule has 2 aromatic heterocycles. The minimum atomic E-state index is -0.514. The summed E-state index contributed by atoms with van der Waals surface area (Å²) in [5, 5.41) is 18.8. The number of rotatable bonds is 2. The molecule has 19 heavy (non-hydrogen) atoms. The van der Waals surface area contributed by atoms with E-state index in [0.717, 1.165) is 5.01 Å². The van der Waals surface area contributed by atoms with E-state index in [9.17, 15) is 5.11 Å². The van der Waals surface area contributed by atoms with Gasteiger partial charge in [-0.3, -0.25) is 0 Å². The molecule has 0 atom stereocenters. The second kappa shape index (κ2) is 4.64. The van der Waals surface area contributed by atoms with Crippen molar-refractivity contribution in [1.29, 1.82) is 0 Å². The van der Waals surface area contributed by atoms with E-state index in [1.807, 2.05) is 6.92 Å². The van der Waals surface area contributed by atoms with Gasteiger partial charge in [-0.25, -0.2) is 4.98 Å².